The molecule has 2 aliphatic rings. The first-order valence-corrected chi connectivity index (χ1v) is 8.65. The maximum atomic E-state index is 12.3. The average molecular weight is 321 g/mol. The zero-order valence-corrected chi connectivity index (χ0v) is 14.0. The Kier molecular flexibility index (Phi) is 3.75. The standard InChI is InChI=1S/C20H23N3O/c1-23(14-15-7-10-21-11-8-15)19(24)22-13-17-12-20(17)9-6-16-4-2-3-5-18(16)20/h2-5,7-8,10-11,17H,6,9,12-14H2,1H3,(H,22,24)/t17-,20-/m0/s1. The topological polar surface area (TPSA) is 45.2 Å². The lowest BCUT2D eigenvalue weighted by molar-refractivity contribution is 0.206. The van der Waals surface area contributed by atoms with Gasteiger partial charge in [-0.25, -0.2) is 4.79 Å². The fraction of sp³-hybridized carbons (Fsp3) is 0.400. The van der Waals surface area contributed by atoms with Gasteiger partial charge in [-0.2, -0.15) is 0 Å². The average Bonchev–Trinajstić information content (AvgIpc) is 3.20. The molecule has 1 fully saturated rings. The number of aromatic nitrogens is 1. The molecule has 2 aromatic rings. The normalized spacial score (nSPS) is 23.8. The molecule has 24 heavy (non-hydrogen) atoms. The van der Waals surface area contributed by atoms with Gasteiger partial charge in [-0.3, -0.25) is 4.98 Å². The van der Waals surface area contributed by atoms with E-state index in [2.05, 4.69) is 34.6 Å². The van der Waals surface area contributed by atoms with Crippen LogP contribution >= 0.6 is 0 Å². The molecule has 1 aromatic carbocycles. The van der Waals surface area contributed by atoms with Crippen LogP contribution in [0.1, 0.15) is 29.5 Å². The summed E-state index contributed by atoms with van der Waals surface area (Å²) >= 11 is 0. The molecule has 4 nitrogen and oxygen atoms in total. The van der Waals surface area contributed by atoms with Crippen molar-refractivity contribution < 1.29 is 4.79 Å². The second-order valence-electron chi connectivity index (χ2n) is 7.11. The summed E-state index contributed by atoms with van der Waals surface area (Å²) in [5, 5.41) is 3.12. The summed E-state index contributed by atoms with van der Waals surface area (Å²) in [6.45, 7) is 1.38. The van der Waals surface area contributed by atoms with E-state index in [1.54, 1.807) is 17.3 Å². The van der Waals surface area contributed by atoms with E-state index in [0.29, 0.717) is 17.9 Å². The van der Waals surface area contributed by atoms with Crippen molar-refractivity contribution in [2.45, 2.75) is 31.2 Å². The largest absolute Gasteiger partial charge is 0.338 e. The maximum Gasteiger partial charge on any atom is 0.317 e. The SMILES string of the molecule is CN(Cc1ccncc1)C(=O)NC[C@@H]1C[C@@]12CCc1ccccc12. The van der Waals surface area contributed by atoms with Crippen molar-refractivity contribution in [2.75, 3.05) is 13.6 Å². The zero-order valence-electron chi connectivity index (χ0n) is 14.0. The van der Waals surface area contributed by atoms with Gasteiger partial charge >= 0.3 is 6.03 Å². The van der Waals surface area contributed by atoms with Crippen molar-refractivity contribution >= 4 is 6.03 Å². The van der Waals surface area contributed by atoms with Gasteiger partial charge < -0.3 is 10.2 Å². The molecule has 1 aromatic heterocycles. The van der Waals surface area contributed by atoms with Crippen molar-refractivity contribution in [1.29, 1.82) is 0 Å². The highest BCUT2D eigenvalue weighted by atomic mass is 16.2. The zero-order chi connectivity index (χ0) is 16.6. The smallest absolute Gasteiger partial charge is 0.317 e. The highest BCUT2D eigenvalue weighted by molar-refractivity contribution is 5.74. The van der Waals surface area contributed by atoms with Gasteiger partial charge in [0, 0.05) is 37.9 Å². The molecule has 4 heteroatoms. The third-order valence-corrected chi connectivity index (χ3v) is 5.64. The first-order valence-electron chi connectivity index (χ1n) is 8.65. The predicted molar refractivity (Wildman–Crippen MR) is 93.7 cm³/mol. The molecule has 2 aliphatic carbocycles. The van der Waals surface area contributed by atoms with Crippen molar-refractivity contribution in [3.63, 3.8) is 0 Å². The quantitative estimate of drug-likeness (QED) is 0.940. The lowest BCUT2D eigenvalue weighted by atomic mass is 9.95. The van der Waals surface area contributed by atoms with Crippen LogP contribution in [-0.4, -0.2) is 29.5 Å². The number of aryl methyl sites for hydroxylation is 1. The Morgan fingerprint density at radius 2 is 2.08 bits per heavy atom. The molecular weight excluding hydrogens is 298 g/mol. The van der Waals surface area contributed by atoms with E-state index in [9.17, 15) is 4.79 Å². The Balaban J connectivity index is 1.32. The summed E-state index contributed by atoms with van der Waals surface area (Å²) in [4.78, 5) is 18.1. The number of hydrogen-bond acceptors (Lipinski definition) is 2. The minimum absolute atomic E-state index is 0.000134. The second kappa shape index (κ2) is 5.93. The number of urea groups is 1. The van der Waals surface area contributed by atoms with Crippen LogP contribution in [-0.2, 0) is 18.4 Å². The van der Waals surface area contributed by atoms with E-state index < -0.39 is 0 Å². The van der Waals surface area contributed by atoms with Gasteiger partial charge in [0.1, 0.15) is 0 Å². The van der Waals surface area contributed by atoms with Crippen LogP contribution in [0.2, 0.25) is 0 Å². The molecule has 124 valence electrons. The van der Waals surface area contributed by atoms with Gasteiger partial charge in [0.15, 0.2) is 0 Å². The summed E-state index contributed by atoms with van der Waals surface area (Å²) in [5.41, 5.74) is 4.46. The Hall–Kier alpha value is -2.36. The van der Waals surface area contributed by atoms with Crippen LogP contribution < -0.4 is 5.32 Å². The highest BCUT2D eigenvalue weighted by Gasteiger charge is 2.57. The molecule has 1 heterocycles. The number of rotatable bonds is 4. The molecule has 2 amide bonds. The molecule has 0 aliphatic heterocycles. The van der Waals surface area contributed by atoms with Gasteiger partial charge in [0.05, 0.1) is 0 Å². The third-order valence-electron chi connectivity index (χ3n) is 5.64. The minimum Gasteiger partial charge on any atom is -0.338 e. The predicted octanol–water partition coefficient (Wildman–Crippen LogP) is 3.13. The Morgan fingerprint density at radius 1 is 1.29 bits per heavy atom. The maximum absolute atomic E-state index is 12.3. The van der Waals surface area contributed by atoms with Crippen LogP contribution in [0.25, 0.3) is 0 Å². The van der Waals surface area contributed by atoms with Crippen molar-refractivity contribution in [3.05, 3.63) is 65.5 Å². The van der Waals surface area contributed by atoms with Crippen molar-refractivity contribution in [2.24, 2.45) is 5.92 Å². The van der Waals surface area contributed by atoms with E-state index in [0.717, 1.165) is 12.1 Å². The third kappa shape index (κ3) is 2.66. The Labute approximate surface area is 142 Å². The van der Waals surface area contributed by atoms with Crippen molar-refractivity contribution in [3.8, 4) is 0 Å². The summed E-state index contributed by atoms with van der Waals surface area (Å²) in [5.74, 6) is 0.583. The molecule has 0 radical (unpaired) electrons. The lowest BCUT2D eigenvalue weighted by Crippen LogP contribution is -2.38. The molecule has 4 rings (SSSR count). The molecule has 1 spiro atoms. The molecular formula is C20H23N3O. The van der Waals surface area contributed by atoms with Crippen LogP contribution in [0, 0.1) is 5.92 Å². The van der Waals surface area contributed by atoms with Gasteiger partial charge in [0.25, 0.3) is 0 Å². The van der Waals surface area contributed by atoms with E-state index in [-0.39, 0.29) is 6.03 Å². The van der Waals surface area contributed by atoms with E-state index in [1.165, 1.54) is 30.4 Å². The lowest BCUT2D eigenvalue weighted by Gasteiger charge is -2.19. The molecule has 1 N–H and O–H groups in total. The number of amides is 2. The van der Waals surface area contributed by atoms with E-state index >= 15 is 0 Å². The number of carbonyl (C=O) groups excluding carboxylic acids is 1. The monoisotopic (exact) mass is 321 g/mol. The number of nitrogens with one attached hydrogen (secondary N) is 1. The number of pyridine rings is 1. The first kappa shape index (κ1) is 15.2. The van der Waals surface area contributed by atoms with Gasteiger partial charge in [-0.1, -0.05) is 24.3 Å². The highest BCUT2D eigenvalue weighted by Crippen LogP contribution is 2.61. The molecule has 1 saturated carbocycles. The van der Waals surface area contributed by atoms with Gasteiger partial charge in [-0.15, -0.1) is 0 Å². The number of benzene rings is 1. The molecule has 0 bridgehead atoms. The van der Waals surface area contributed by atoms with Crippen LogP contribution in [0.4, 0.5) is 4.79 Å². The Morgan fingerprint density at radius 3 is 2.92 bits per heavy atom. The van der Waals surface area contributed by atoms with Gasteiger partial charge in [-0.05, 0) is 54.0 Å². The van der Waals surface area contributed by atoms with E-state index in [4.69, 9.17) is 0 Å². The number of hydrogen-bond donors (Lipinski definition) is 1. The second-order valence-corrected chi connectivity index (χ2v) is 7.11. The Bertz CT molecular complexity index is 746. The molecule has 2 atom stereocenters. The first-order chi connectivity index (χ1) is 11.7. The van der Waals surface area contributed by atoms with E-state index in [1.807, 2.05) is 19.2 Å². The summed E-state index contributed by atoms with van der Waals surface area (Å²) < 4.78 is 0. The molecule has 0 unspecified atom stereocenters. The van der Waals surface area contributed by atoms with Crippen molar-refractivity contribution in [1.82, 2.24) is 15.2 Å². The number of nitrogens with zero attached hydrogens (tertiary/aromatic N) is 2. The van der Waals surface area contributed by atoms with Crippen LogP contribution in [0.15, 0.2) is 48.8 Å². The fourth-order valence-electron chi connectivity index (χ4n) is 4.18. The minimum atomic E-state index is 0.000134. The summed E-state index contributed by atoms with van der Waals surface area (Å²) in [7, 11) is 1.84. The fourth-order valence-corrected chi connectivity index (χ4v) is 4.18. The molecule has 0 saturated heterocycles. The van der Waals surface area contributed by atoms with Crippen LogP contribution in [0.5, 0.6) is 0 Å². The van der Waals surface area contributed by atoms with Crippen LogP contribution in [0.3, 0.4) is 0 Å². The summed E-state index contributed by atoms with van der Waals surface area (Å²) in [6.07, 6.45) is 7.14. The number of fused-ring (bicyclic) bond motifs is 2. The number of carbonyl (C=O) groups is 1. The van der Waals surface area contributed by atoms with Gasteiger partial charge in [0.2, 0.25) is 0 Å². The summed E-state index contributed by atoms with van der Waals surface area (Å²) in [6, 6.07) is 12.7.